The van der Waals surface area contributed by atoms with E-state index in [2.05, 4.69) is 44.7 Å². The molecule has 16 heavy (non-hydrogen) atoms. The van der Waals surface area contributed by atoms with Crippen LogP contribution in [0.3, 0.4) is 0 Å². The van der Waals surface area contributed by atoms with Gasteiger partial charge in [0.15, 0.2) is 0 Å². The third-order valence-electron chi connectivity index (χ3n) is 3.06. The Morgan fingerprint density at radius 3 is 2.81 bits per heavy atom. The third-order valence-corrected chi connectivity index (χ3v) is 3.41. The number of hydrogen-bond donors (Lipinski definition) is 1. The average Bonchev–Trinajstić information content (AvgIpc) is 2.51. The van der Waals surface area contributed by atoms with E-state index in [1.807, 2.05) is 4.90 Å². The number of hydrogen-bond acceptors (Lipinski definition) is 2. The fourth-order valence-electron chi connectivity index (χ4n) is 2.08. The molecule has 3 heteroatoms. The summed E-state index contributed by atoms with van der Waals surface area (Å²) >= 11 is 4.36. The van der Waals surface area contributed by atoms with E-state index in [1.165, 1.54) is 16.7 Å². The molecular formula is C13H17NOS. The molecular weight excluding hydrogens is 218 g/mol. The van der Waals surface area contributed by atoms with E-state index in [0.29, 0.717) is 6.42 Å². The lowest BCUT2D eigenvalue weighted by molar-refractivity contribution is -0.128. The lowest BCUT2D eigenvalue weighted by Crippen LogP contribution is -2.25. The second kappa shape index (κ2) is 4.50. The molecule has 1 aromatic carbocycles. The Labute approximate surface area is 102 Å². The largest absolute Gasteiger partial charge is 0.337 e. The lowest BCUT2D eigenvalue weighted by Gasteiger charge is -2.17. The van der Waals surface area contributed by atoms with Crippen LogP contribution in [-0.4, -0.2) is 22.6 Å². The fourth-order valence-corrected chi connectivity index (χ4v) is 2.43. The van der Waals surface area contributed by atoms with Gasteiger partial charge in [-0.2, -0.15) is 12.6 Å². The van der Waals surface area contributed by atoms with Gasteiger partial charge in [0, 0.05) is 24.8 Å². The van der Waals surface area contributed by atoms with Crippen molar-refractivity contribution in [2.45, 2.75) is 32.1 Å². The fraction of sp³-hybridized carbons (Fsp3) is 0.462. The van der Waals surface area contributed by atoms with Crippen LogP contribution in [-0.2, 0) is 11.3 Å². The maximum absolute atomic E-state index is 11.7. The number of amides is 1. The van der Waals surface area contributed by atoms with E-state index in [4.69, 9.17) is 0 Å². The number of aryl methyl sites for hydroxylation is 2. The van der Waals surface area contributed by atoms with Gasteiger partial charge in [-0.1, -0.05) is 23.8 Å². The molecule has 0 bridgehead atoms. The first kappa shape index (κ1) is 11.5. The van der Waals surface area contributed by atoms with E-state index in [-0.39, 0.29) is 11.2 Å². The molecule has 0 saturated carbocycles. The van der Waals surface area contributed by atoms with Crippen LogP contribution in [0.5, 0.6) is 0 Å². The smallest absolute Gasteiger partial charge is 0.224 e. The molecule has 0 aliphatic carbocycles. The zero-order valence-electron chi connectivity index (χ0n) is 9.73. The van der Waals surface area contributed by atoms with E-state index < -0.39 is 0 Å². The number of thiol groups is 1. The molecule has 1 heterocycles. The molecule has 2 nitrogen and oxygen atoms in total. The normalized spacial score (nSPS) is 20.6. The van der Waals surface area contributed by atoms with E-state index in [0.717, 1.165) is 13.1 Å². The second-order valence-electron chi connectivity index (χ2n) is 4.56. The number of likely N-dealkylation sites (tertiary alicyclic amines) is 1. The Kier molecular flexibility index (Phi) is 3.24. The van der Waals surface area contributed by atoms with Crippen molar-refractivity contribution in [3.63, 3.8) is 0 Å². The SMILES string of the molecule is Cc1ccc(C)c(CN2CC(S)CC2=O)c1. The highest BCUT2D eigenvalue weighted by Gasteiger charge is 2.27. The Morgan fingerprint density at radius 2 is 2.19 bits per heavy atom. The Bertz CT molecular complexity index is 416. The summed E-state index contributed by atoms with van der Waals surface area (Å²) in [7, 11) is 0. The quantitative estimate of drug-likeness (QED) is 0.780. The van der Waals surface area contributed by atoms with Gasteiger partial charge >= 0.3 is 0 Å². The van der Waals surface area contributed by atoms with Crippen LogP contribution in [0.25, 0.3) is 0 Å². The number of rotatable bonds is 2. The van der Waals surface area contributed by atoms with E-state index in [9.17, 15) is 4.79 Å². The average molecular weight is 235 g/mol. The van der Waals surface area contributed by atoms with Gasteiger partial charge in [-0.05, 0) is 25.0 Å². The summed E-state index contributed by atoms with van der Waals surface area (Å²) in [6.45, 7) is 5.67. The number of carbonyl (C=O) groups excluding carboxylic acids is 1. The predicted molar refractivity (Wildman–Crippen MR) is 68.7 cm³/mol. The first-order valence-electron chi connectivity index (χ1n) is 5.58. The van der Waals surface area contributed by atoms with Crippen molar-refractivity contribution >= 4 is 18.5 Å². The van der Waals surface area contributed by atoms with Gasteiger partial charge in [0.25, 0.3) is 0 Å². The number of benzene rings is 1. The molecule has 0 spiro atoms. The predicted octanol–water partition coefficient (Wildman–Crippen LogP) is 2.33. The highest BCUT2D eigenvalue weighted by Crippen LogP contribution is 2.20. The summed E-state index contributed by atoms with van der Waals surface area (Å²) in [5, 5.41) is 0.206. The Balaban J connectivity index is 2.15. The Morgan fingerprint density at radius 1 is 1.44 bits per heavy atom. The minimum absolute atomic E-state index is 0.206. The molecule has 1 aliphatic heterocycles. The van der Waals surface area contributed by atoms with Gasteiger partial charge in [0.05, 0.1) is 0 Å². The maximum Gasteiger partial charge on any atom is 0.224 e. The molecule has 1 unspecified atom stereocenters. The van der Waals surface area contributed by atoms with Crippen LogP contribution in [0, 0.1) is 13.8 Å². The van der Waals surface area contributed by atoms with Crippen molar-refractivity contribution in [2.75, 3.05) is 6.54 Å². The zero-order valence-corrected chi connectivity index (χ0v) is 10.6. The zero-order chi connectivity index (χ0) is 11.7. The van der Waals surface area contributed by atoms with Crippen molar-refractivity contribution < 1.29 is 4.79 Å². The van der Waals surface area contributed by atoms with Gasteiger partial charge in [0.2, 0.25) is 5.91 Å². The molecule has 2 rings (SSSR count). The van der Waals surface area contributed by atoms with E-state index >= 15 is 0 Å². The monoisotopic (exact) mass is 235 g/mol. The molecule has 1 atom stereocenters. The van der Waals surface area contributed by atoms with Crippen LogP contribution in [0.2, 0.25) is 0 Å². The number of nitrogens with zero attached hydrogens (tertiary/aromatic N) is 1. The van der Waals surface area contributed by atoms with Crippen molar-refractivity contribution in [3.8, 4) is 0 Å². The topological polar surface area (TPSA) is 20.3 Å². The van der Waals surface area contributed by atoms with Crippen molar-refractivity contribution in [1.29, 1.82) is 0 Å². The molecule has 1 fully saturated rings. The van der Waals surface area contributed by atoms with Gasteiger partial charge < -0.3 is 4.90 Å². The molecule has 1 aliphatic rings. The lowest BCUT2D eigenvalue weighted by atomic mass is 10.1. The van der Waals surface area contributed by atoms with Crippen LogP contribution in [0.4, 0.5) is 0 Å². The van der Waals surface area contributed by atoms with Crippen LogP contribution >= 0.6 is 12.6 Å². The maximum atomic E-state index is 11.7. The number of carbonyl (C=O) groups is 1. The van der Waals surface area contributed by atoms with Crippen molar-refractivity contribution in [3.05, 3.63) is 34.9 Å². The van der Waals surface area contributed by atoms with Gasteiger partial charge in [-0.3, -0.25) is 4.79 Å². The van der Waals surface area contributed by atoms with Gasteiger partial charge in [-0.15, -0.1) is 0 Å². The molecule has 1 saturated heterocycles. The molecule has 0 N–H and O–H groups in total. The van der Waals surface area contributed by atoms with Gasteiger partial charge in [0.1, 0.15) is 0 Å². The minimum Gasteiger partial charge on any atom is -0.337 e. The molecule has 1 amide bonds. The van der Waals surface area contributed by atoms with Crippen molar-refractivity contribution in [1.82, 2.24) is 4.90 Å². The summed E-state index contributed by atoms with van der Waals surface area (Å²) in [6, 6.07) is 6.38. The molecule has 86 valence electrons. The van der Waals surface area contributed by atoms with Crippen LogP contribution in [0.15, 0.2) is 18.2 Å². The van der Waals surface area contributed by atoms with Gasteiger partial charge in [-0.25, -0.2) is 0 Å². The molecule has 0 radical (unpaired) electrons. The molecule has 0 aromatic heterocycles. The van der Waals surface area contributed by atoms with Crippen LogP contribution in [0.1, 0.15) is 23.1 Å². The Hall–Kier alpha value is -0.960. The third kappa shape index (κ3) is 2.40. The summed E-state index contributed by atoms with van der Waals surface area (Å²) in [5.74, 6) is 0.223. The highest BCUT2D eigenvalue weighted by molar-refractivity contribution is 7.81. The molecule has 1 aromatic rings. The standard InChI is InChI=1S/C13H17NOS/c1-9-3-4-10(2)11(5-9)7-14-8-12(16)6-13(14)15/h3-5,12,16H,6-8H2,1-2H3. The van der Waals surface area contributed by atoms with Crippen molar-refractivity contribution in [2.24, 2.45) is 0 Å². The van der Waals surface area contributed by atoms with E-state index in [1.54, 1.807) is 0 Å². The highest BCUT2D eigenvalue weighted by atomic mass is 32.1. The second-order valence-corrected chi connectivity index (χ2v) is 5.29. The first-order valence-corrected chi connectivity index (χ1v) is 6.10. The first-order chi connectivity index (χ1) is 7.56. The minimum atomic E-state index is 0.206. The summed E-state index contributed by atoms with van der Waals surface area (Å²) < 4.78 is 0. The summed E-state index contributed by atoms with van der Waals surface area (Å²) in [5.41, 5.74) is 3.74. The van der Waals surface area contributed by atoms with Crippen LogP contribution < -0.4 is 0 Å². The summed E-state index contributed by atoms with van der Waals surface area (Å²) in [4.78, 5) is 13.6. The summed E-state index contributed by atoms with van der Waals surface area (Å²) in [6.07, 6.45) is 0.577.